The summed E-state index contributed by atoms with van der Waals surface area (Å²) in [6.45, 7) is 0. The number of imidazole rings is 1. The van der Waals surface area contributed by atoms with Gasteiger partial charge in [-0.25, -0.2) is 4.98 Å². The summed E-state index contributed by atoms with van der Waals surface area (Å²) in [5.41, 5.74) is 0.790. The van der Waals surface area contributed by atoms with Gasteiger partial charge in [-0.3, -0.25) is 4.79 Å². The third kappa shape index (κ3) is 2.58. The molecule has 0 aromatic carbocycles. The number of carbonyl (C=O) groups is 1. The molecule has 0 atom stereocenters. The Morgan fingerprint density at radius 3 is 3.00 bits per heavy atom. The second kappa shape index (κ2) is 5.01. The summed E-state index contributed by atoms with van der Waals surface area (Å²) in [6, 6.07) is 3.97. The molecule has 0 bridgehead atoms. The summed E-state index contributed by atoms with van der Waals surface area (Å²) >= 11 is 5.07. The van der Waals surface area contributed by atoms with Crippen molar-refractivity contribution in [2.24, 2.45) is 7.05 Å². The van der Waals surface area contributed by atoms with E-state index in [1.807, 2.05) is 29.1 Å². The van der Waals surface area contributed by atoms with E-state index in [-0.39, 0.29) is 6.42 Å². The maximum atomic E-state index is 10.6. The molecule has 0 saturated heterocycles. The van der Waals surface area contributed by atoms with E-state index >= 15 is 0 Å². The smallest absolute Gasteiger partial charge is 0.303 e. The maximum Gasteiger partial charge on any atom is 0.303 e. The Labute approximate surface area is 111 Å². The molecule has 0 radical (unpaired) electrons. The highest BCUT2D eigenvalue weighted by molar-refractivity contribution is 9.10. The molecule has 0 aliphatic heterocycles. The van der Waals surface area contributed by atoms with E-state index in [0.29, 0.717) is 6.42 Å². The van der Waals surface area contributed by atoms with Gasteiger partial charge in [0.2, 0.25) is 0 Å². The summed E-state index contributed by atoms with van der Waals surface area (Å²) in [4.78, 5) is 16.1. The average molecular weight is 315 g/mol. The predicted molar refractivity (Wildman–Crippen MR) is 70.2 cm³/mol. The van der Waals surface area contributed by atoms with Crippen LogP contribution in [0.1, 0.15) is 12.1 Å². The first-order valence-electron chi connectivity index (χ1n) is 5.06. The number of halogens is 1. The number of hydrogen-bond donors (Lipinski definition) is 1. The molecule has 0 aliphatic carbocycles. The van der Waals surface area contributed by atoms with Gasteiger partial charge in [-0.05, 0) is 27.4 Å². The van der Waals surface area contributed by atoms with Gasteiger partial charge in [0, 0.05) is 13.5 Å². The molecule has 0 spiro atoms. The fraction of sp³-hybridized carbons (Fsp3) is 0.273. The van der Waals surface area contributed by atoms with Gasteiger partial charge in [-0.15, -0.1) is 11.3 Å². The van der Waals surface area contributed by atoms with E-state index in [4.69, 9.17) is 5.11 Å². The number of aliphatic carboxylic acids is 1. The highest BCUT2D eigenvalue weighted by atomic mass is 79.9. The molecule has 0 fully saturated rings. The van der Waals surface area contributed by atoms with Crippen molar-refractivity contribution in [2.75, 3.05) is 0 Å². The molecule has 90 valence electrons. The van der Waals surface area contributed by atoms with Crippen LogP contribution in [0.2, 0.25) is 0 Å². The van der Waals surface area contributed by atoms with Crippen LogP contribution < -0.4 is 0 Å². The van der Waals surface area contributed by atoms with E-state index < -0.39 is 5.97 Å². The van der Waals surface area contributed by atoms with Gasteiger partial charge in [-0.1, -0.05) is 6.07 Å². The van der Waals surface area contributed by atoms with Gasteiger partial charge in [0.25, 0.3) is 0 Å². The Balaban J connectivity index is 2.31. The molecule has 0 aliphatic rings. The number of nitrogens with zero attached hydrogens (tertiary/aromatic N) is 2. The van der Waals surface area contributed by atoms with Crippen LogP contribution in [0.3, 0.4) is 0 Å². The summed E-state index contributed by atoms with van der Waals surface area (Å²) < 4.78 is 2.78. The first-order valence-corrected chi connectivity index (χ1v) is 6.73. The van der Waals surface area contributed by atoms with Crippen molar-refractivity contribution < 1.29 is 9.90 Å². The number of thiophene rings is 1. The first-order chi connectivity index (χ1) is 8.09. The van der Waals surface area contributed by atoms with Crippen LogP contribution >= 0.6 is 27.3 Å². The lowest BCUT2D eigenvalue weighted by molar-refractivity contribution is -0.136. The monoisotopic (exact) mass is 314 g/mol. The van der Waals surface area contributed by atoms with Gasteiger partial charge in [0.15, 0.2) is 5.82 Å². The predicted octanol–water partition coefficient (Wildman–Crippen LogP) is 2.93. The van der Waals surface area contributed by atoms with Crippen molar-refractivity contribution in [1.82, 2.24) is 9.55 Å². The third-order valence-corrected chi connectivity index (χ3v) is 4.26. The van der Waals surface area contributed by atoms with E-state index in [9.17, 15) is 4.79 Å². The maximum absolute atomic E-state index is 10.6. The van der Waals surface area contributed by atoms with Crippen LogP contribution in [0.15, 0.2) is 22.1 Å². The third-order valence-electron chi connectivity index (χ3n) is 2.41. The highest BCUT2D eigenvalue weighted by Crippen LogP contribution is 2.28. The molecular formula is C11H11BrN2O2S. The van der Waals surface area contributed by atoms with Gasteiger partial charge in [0.1, 0.15) is 4.60 Å². The number of aromatic nitrogens is 2. The average Bonchev–Trinajstić information content (AvgIpc) is 2.88. The Kier molecular flexibility index (Phi) is 3.63. The van der Waals surface area contributed by atoms with Crippen LogP contribution in [0, 0.1) is 0 Å². The minimum atomic E-state index is -0.805. The number of rotatable bonds is 4. The fourth-order valence-corrected chi connectivity index (χ4v) is 2.75. The summed E-state index contributed by atoms with van der Waals surface area (Å²) in [7, 11) is 1.91. The van der Waals surface area contributed by atoms with Crippen molar-refractivity contribution in [3.05, 3.63) is 27.8 Å². The zero-order valence-corrected chi connectivity index (χ0v) is 11.6. The lowest BCUT2D eigenvalue weighted by Gasteiger charge is -1.98. The summed E-state index contributed by atoms with van der Waals surface area (Å²) in [5.74, 6) is 0.0625. The van der Waals surface area contributed by atoms with Gasteiger partial charge >= 0.3 is 5.97 Å². The topological polar surface area (TPSA) is 55.1 Å². The number of carboxylic acid groups (broad SMARTS) is 1. The molecule has 2 rings (SSSR count). The lowest BCUT2D eigenvalue weighted by Crippen LogP contribution is -1.98. The Morgan fingerprint density at radius 1 is 1.65 bits per heavy atom. The first kappa shape index (κ1) is 12.3. The highest BCUT2D eigenvalue weighted by Gasteiger charge is 2.15. The minimum Gasteiger partial charge on any atom is -0.481 e. The second-order valence-electron chi connectivity index (χ2n) is 3.60. The van der Waals surface area contributed by atoms with Crippen molar-refractivity contribution in [3.8, 4) is 10.7 Å². The van der Waals surface area contributed by atoms with Crippen LogP contribution in [0.4, 0.5) is 0 Å². The quantitative estimate of drug-likeness (QED) is 0.944. The molecule has 6 heteroatoms. The van der Waals surface area contributed by atoms with Crippen molar-refractivity contribution in [3.63, 3.8) is 0 Å². The Bertz CT molecular complexity index is 534. The molecule has 17 heavy (non-hydrogen) atoms. The molecule has 2 aromatic heterocycles. The number of hydrogen-bond acceptors (Lipinski definition) is 3. The zero-order valence-electron chi connectivity index (χ0n) is 9.18. The molecule has 0 amide bonds. The van der Waals surface area contributed by atoms with Gasteiger partial charge in [-0.2, -0.15) is 0 Å². The molecule has 0 saturated carbocycles. The minimum absolute atomic E-state index is 0.0967. The molecule has 4 nitrogen and oxygen atoms in total. The second-order valence-corrected chi connectivity index (χ2v) is 5.30. The number of aryl methyl sites for hydroxylation is 1. The van der Waals surface area contributed by atoms with E-state index in [0.717, 1.165) is 21.0 Å². The van der Waals surface area contributed by atoms with E-state index in [1.165, 1.54) is 0 Å². The SMILES string of the molecule is Cn1c(-c2cccs2)nc(CCC(=O)O)c1Br. The van der Waals surface area contributed by atoms with E-state index in [1.54, 1.807) is 11.3 Å². The Morgan fingerprint density at radius 2 is 2.41 bits per heavy atom. The van der Waals surface area contributed by atoms with Gasteiger partial charge < -0.3 is 9.67 Å². The van der Waals surface area contributed by atoms with Crippen molar-refractivity contribution in [1.29, 1.82) is 0 Å². The molecular weight excluding hydrogens is 304 g/mol. The lowest BCUT2D eigenvalue weighted by atomic mass is 10.2. The van der Waals surface area contributed by atoms with Crippen LogP contribution in [0.25, 0.3) is 10.7 Å². The van der Waals surface area contributed by atoms with E-state index in [2.05, 4.69) is 20.9 Å². The summed E-state index contributed by atoms with van der Waals surface area (Å²) in [6.07, 6.45) is 0.536. The van der Waals surface area contributed by atoms with Crippen molar-refractivity contribution >= 4 is 33.2 Å². The summed E-state index contributed by atoms with van der Waals surface area (Å²) in [5, 5.41) is 10.7. The molecule has 0 unspecified atom stereocenters. The van der Waals surface area contributed by atoms with Crippen LogP contribution in [-0.2, 0) is 18.3 Å². The van der Waals surface area contributed by atoms with Crippen molar-refractivity contribution in [2.45, 2.75) is 12.8 Å². The standard InChI is InChI=1S/C11H11BrN2O2S/c1-14-10(12)7(4-5-9(15)16)13-11(14)8-3-2-6-17-8/h2-3,6H,4-5H2,1H3,(H,15,16). The van der Waals surface area contributed by atoms with Crippen LogP contribution in [-0.4, -0.2) is 20.6 Å². The zero-order chi connectivity index (χ0) is 12.4. The van der Waals surface area contributed by atoms with Gasteiger partial charge in [0.05, 0.1) is 17.0 Å². The molecule has 1 N–H and O–H groups in total. The Hall–Kier alpha value is -1.14. The fourth-order valence-electron chi connectivity index (χ4n) is 1.55. The molecule has 2 aromatic rings. The van der Waals surface area contributed by atoms with Crippen LogP contribution in [0.5, 0.6) is 0 Å². The number of carboxylic acids is 1. The largest absolute Gasteiger partial charge is 0.481 e. The molecule has 2 heterocycles. The normalized spacial score (nSPS) is 10.7.